The van der Waals surface area contributed by atoms with Gasteiger partial charge in [0.05, 0.1) is 17.5 Å². The summed E-state index contributed by atoms with van der Waals surface area (Å²) in [5.41, 5.74) is 7.40. The van der Waals surface area contributed by atoms with Crippen molar-refractivity contribution in [1.29, 1.82) is 0 Å². The van der Waals surface area contributed by atoms with Crippen LogP contribution in [0.5, 0.6) is 11.5 Å². The average molecular weight is 508 g/mol. The summed E-state index contributed by atoms with van der Waals surface area (Å²) in [7, 11) is 0. The van der Waals surface area contributed by atoms with Gasteiger partial charge in [0.15, 0.2) is 18.1 Å². The molecule has 0 aliphatic heterocycles. The zero-order chi connectivity index (χ0) is 26.3. The second-order valence-electron chi connectivity index (χ2n) is 8.36. The summed E-state index contributed by atoms with van der Waals surface area (Å²) < 4.78 is 49.4. The lowest BCUT2D eigenvalue weighted by molar-refractivity contribution is -0.153. The Morgan fingerprint density at radius 1 is 1.14 bits per heavy atom. The molecular weight excluding hydrogens is 479 g/mol. The number of aliphatic carboxylic acids is 1. The van der Waals surface area contributed by atoms with Gasteiger partial charge < -0.3 is 30.2 Å². The van der Waals surface area contributed by atoms with Gasteiger partial charge in [0.2, 0.25) is 0 Å². The van der Waals surface area contributed by atoms with E-state index in [-0.39, 0.29) is 37.1 Å². The van der Waals surface area contributed by atoms with Gasteiger partial charge >= 0.3 is 12.1 Å². The number of primary amides is 1. The first-order chi connectivity index (χ1) is 17.0. The van der Waals surface area contributed by atoms with E-state index in [1.54, 1.807) is 29.0 Å². The molecule has 2 aromatic carbocycles. The van der Waals surface area contributed by atoms with Crippen LogP contribution in [0.15, 0.2) is 48.7 Å². The Morgan fingerprint density at radius 3 is 2.47 bits per heavy atom. The number of nitrogens with one attached hydrogen (secondary N) is 1. The van der Waals surface area contributed by atoms with Crippen LogP contribution in [0.4, 0.5) is 13.2 Å². The number of fused-ring (bicyclic) bond motifs is 1. The summed E-state index contributed by atoms with van der Waals surface area (Å²) in [6.45, 7) is 1.40. The van der Waals surface area contributed by atoms with Crippen LogP contribution < -0.4 is 20.5 Å². The number of para-hydroxylation sites is 2. The van der Waals surface area contributed by atoms with Gasteiger partial charge in [0.1, 0.15) is 6.61 Å². The molecule has 0 bridgehead atoms. The maximum absolute atomic E-state index is 12.4. The topological polar surface area (TPSA) is 116 Å². The Morgan fingerprint density at radius 2 is 1.83 bits per heavy atom. The molecule has 1 atom stereocenters. The van der Waals surface area contributed by atoms with E-state index in [1.807, 2.05) is 19.1 Å². The van der Waals surface area contributed by atoms with Gasteiger partial charge in [-0.1, -0.05) is 12.1 Å². The number of hydrogen-bond acceptors (Lipinski definition) is 5. The molecule has 11 heteroatoms. The summed E-state index contributed by atoms with van der Waals surface area (Å²) in [5, 5.41) is 13.0. The van der Waals surface area contributed by atoms with Gasteiger partial charge in [0, 0.05) is 30.7 Å². The molecule has 0 radical (unpaired) electrons. The van der Waals surface area contributed by atoms with Crippen LogP contribution in [-0.2, 0) is 17.8 Å². The molecule has 1 heterocycles. The number of carbonyl (C=O) groups excluding carboxylic acids is 1. The first-order valence-corrected chi connectivity index (χ1v) is 11.3. The van der Waals surface area contributed by atoms with Crippen molar-refractivity contribution >= 4 is 22.8 Å². The van der Waals surface area contributed by atoms with Gasteiger partial charge in [-0.25, -0.2) is 0 Å². The average Bonchev–Trinajstić information content (AvgIpc) is 3.21. The number of benzene rings is 2. The van der Waals surface area contributed by atoms with E-state index in [4.69, 9.17) is 20.3 Å². The Bertz CT molecular complexity index is 1210. The van der Waals surface area contributed by atoms with E-state index in [9.17, 15) is 22.8 Å². The molecule has 3 rings (SSSR count). The molecule has 3 aromatic rings. The van der Waals surface area contributed by atoms with E-state index in [0.717, 1.165) is 10.9 Å². The van der Waals surface area contributed by atoms with Crippen LogP contribution in [0.25, 0.3) is 10.9 Å². The molecule has 0 aliphatic carbocycles. The molecule has 0 saturated carbocycles. The number of nitrogens with zero attached hydrogens (tertiary/aromatic N) is 1. The van der Waals surface area contributed by atoms with E-state index >= 15 is 0 Å². The predicted molar refractivity (Wildman–Crippen MR) is 127 cm³/mol. The van der Waals surface area contributed by atoms with Crippen molar-refractivity contribution in [2.45, 2.75) is 38.5 Å². The fraction of sp³-hybridized carbons (Fsp3) is 0.360. The minimum absolute atomic E-state index is 0.0161. The van der Waals surface area contributed by atoms with E-state index in [0.29, 0.717) is 24.0 Å². The number of nitrogens with two attached hydrogens (primary N) is 1. The summed E-state index contributed by atoms with van der Waals surface area (Å²) in [6, 6.07) is 11.6. The number of hydrogen-bond donors (Lipinski definition) is 3. The van der Waals surface area contributed by atoms with Crippen LogP contribution in [0.1, 0.15) is 29.3 Å². The molecule has 194 valence electrons. The highest BCUT2D eigenvalue weighted by molar-refractivity contribution is 6.05. The largest absolute Gasteiger partial charge is 0.488 e. The number of alkyl halides is 3. The minimum atomic E-state index is -4.44. The molecule has 0 aliphatic rings. The Kier molecular flexibility index (Phi) is 8.81. The second-order valence-corrected chi connectivity index (χ2v) is 8.36. The number of aryl methyl sites for hydroxylation is 1. The lowest BCUT2D eigenvalue weighted by atomic mass is 10.0. The highest BCUT2D eigenvalue weighted by Gasteiger charge is 2.29. The highest BCUT2D eigenvalue weighted by Crippen LogP contribution is 2.28. The number of aromatic nitrogens is 1. The van der Waals surface area contributed by atoms with Gasteiger partial charge in [-0.15, -0.1) is 0 Å². The summed E-state index contributed by atoms with van der Waals surface area (Å²) >= 11 is 0. The number of halogens is 3. The lowest BCUT2D eigenvalue weighted by Gasteiger charge is -2.17. The summed E-state index contributed by atoms with van der Waals surface area (Å²) in [6.07, 6.45) is -2.21. The van der Waals surface area contributed by atoms with Crippen LogP contribution in [0.3, 0.4) is 0 Å². The SMILES string of the molecule is C[C@H](Cc1cc(C(N)=O)c2c(ccn2CCC(=O)O)c1)NCCOc1ccccc1OCC(F)(F)F. The third-order valence-electron chi connectivity index (χ3n) is 5.39. The molecule has 8 nitrogen and oxygen atoms in total. The molecule has 4 N–H and O–H groups in total. The quantitative estimate of drug-likeness (QED) is 0.304. The Hall–Kier alpha value is -3.73. The van der Waals surface area contributed by atoms with E-state index < -0.39 is 24.7 Å². The van der Waals surface area contributed by atoms with Crippen molar-refractivity contribution in [2.24, 2.45) is 5.73 Å². The third kappa shape index (κ3) is 7.64. The number of carboxylic acids is 1. The minimum Gasteiger partial charge on any atom is -0.488 e. The lowest BCUT2D eigenvalue weighted by Crippen LogP contribution is -2.32. The molecular formula is C25H28F3N3O5. The van der Waals surface area contributed by atoms with Gasteiger partial charge in [-0.2, -0.15) is 13.2 Å². The van der Waals surface area contributed by atoms with E-state index in [2.05, 4.69) is 5.32 Å². The molecule has 0 spiro atoms. The van der Waals surface area contributed by atoms with Gasteiger partial charge in [-0.3, -0.25) is 9.59 Å². The number of ether oxygens (including phenoxy) is 2. The summed E-state index contributed by atoms with van der Waals surface area (Å²) in [5.74, 6) is -1.29. The first kappa shape index (κ1) is 26.9. The summed E-state index contributed by atoms with van der Waals surface area (Å²) in [4.78, 5) is 23.0. The van der Waals surface area contributed by atoms with Gasteiger partial charge in [-0.05, 0) is 49.2 Å². The first-order valence-electron chi connectivity index (χ1n) is 11.3. The molecule has 1 aromatic heterocycles. The maximum Gasteiger partial charge on any atom is 0.422 e. The molecule has 0 unspecified atom stereocenters. The Balaban J connectivity index is 1.57. The number of carbonyl (C=O) groups is 2. The van der Waals surface area contributed by atoms with Crippen molar-refractivity contribution in [3.63, 3.8) is 0 Å². The van der Waals surface area contributed by atoms with Crippen molar-refractivity contribution < 1.29 is 37.3 Å². The third-order valence-corrected chi connectivity index (χ3v) is 5.39. The molecule has 36 heavy (non-hydrogen) atoms. The normalized spacial score (nSPS) is 12.4. The van der Waals surface area contributed by atoms with Crippen LogP contribution in [-0.4, -0.2) is 53.5 Å². The number of rotatable bonds is 13. The van der Waals surface area contributed by atoms with Crippen LogP contribution in [0.2, 0.25) is 0 Å². The zero-order valence-corrected chi connectivity index (χ0v) is 19.7. The number of carboxylic acid groups (broad SMARTS) is 1. The molecule has 0 saturated heterocycles. The van der Waals surface area contributed by atoms with Crippen molar-refractivity contribution in [2.75, 3.05) is 19.8 Å². The molecule has 1 amide bonds. The van der Waals surface area contributed by atoms with E-state index in [1.165, 1.54) is 12.1 Å². The fourth-order valence-corrected chi connectivity index (χ4v) is 3.86. The van der Waals surface area contributed by atoms with Crippen molar-refractivity contribution in [3.05, 3.63) is 59.8 Å². The van der Waals surface area contributed by atoms with Crippen molar-refractivity contribution in [3.8, 4) is 11.5 Å². The second kappa shape index (κ2) is 11.8. The number of amides is 1. The monoisotopic (exact) mass is 507 g/mol. The standard InChI is InChI=1S/C25H28F3N3O5/c1-16(30-8-11-35-20-4-2-3-5-21(20)36-15-25(26,27)28)12-17-13-18-6-9-31(10-7-22(32)33)23(18)19(14-17)24(29)34/h2-6,9,13-14,16,30H,7-8,10-12,15H2,1H3,(H2,29,34)(H,32,33)/t16-/m1/s1. The fourth-order valence-electron chi connectivity index (χ4n) is 3.86. The predicted octanol–water partition coefficient (Wildman–Crippen LogP) is 3.76. The molecule has 0 fully saturated rings. The Labute approximate surface area is 205 Å². The maximum atomic E-state index is 12.4. The van der Waals surface area contributed by atoms with Crippen molar-refractivity contribution in [1.82, 2.24) is 9.88 Å². The highest BCUT2D eigenvalue weighted by atomic mass is 19.4. The van der Waals surface area contributed by atoms with Crippen LogP contribution in [0, 0.1) is 0 Å². The van der Waals surface area contributed by atoms with Crippen LogP contribution >= 0.6 is 0 Å². The smallest absolute Gasteiger partial charge is 0.422 e. The zero-order valence-electron chi connectivity index (χ0n) is 19.7. The van der Waals surface area contributed by atoms with Gasteiger partial charge in [0.25, 0.3) is 5.91 Å².